The fourth-order valence-corrected chi connectivity index (χ4v) is 2.45. The summed E-state index contributed by atoms with van der Waals surface area (Å²) in [7, 11) is 0. The number of hydrogen-bond acceptors (Lipinski definition) is 8. The fourth-order valence-electron chi connectivity index (χ4n) is 2.45. The first-order valence-corrected chi connectivity index (χ1v) is 7.23. The molecule has 4 N–H and O–H groups in total. The van der Waals surface area contributed by atoms with E-state index in [2.05, 4.69) is 5.32 Å². The third-order valence-electron chi connectivity index (χ3n) is 3.58. The van der Waals surface area contributed by atoms with Crippen LogP contribution in [0, 0.1) is 0 Å². The standard InChI is InChI=1S/C13H23NO8/c1-7(16)14-10-12(18)11(17)9(4-15)22-13(10)21-6-8-5-19-2-3-20-8/h8-13,15,17-18H,2-6H2,1H3,(H,14,16)/t8-,9+,10+,11+,12+,13+/m0/s1. The highest BCUT2D eigenvalue weighted by Crippen LogP contribution is 2.22. The van der Waals surface area contributed by atoms with E-state index in [-0.39, 0.29) is 12.7 Å². The molecule has 0 bridgehead atoms. The highest BCUT2D eigenvalue weighted by Gasteiger charge is 2.45. The molecule has 0 spiro atoms. The lowest BCUT2D eigenvalue weighted by Gasteiger charge is -2.42. The van der Waals surface area contributed by atoms with E-state index in [4.69, 9.17) is 18.9 Å². The Hall–Kier alpha value is -0.810. The molecule has 1 amide bonds. The lowest BCUT2D eigenvalue weighted by atomic mass is 9.97. The second-order valence-corrected chi connectivity index (χ2v) is 5.33. The third-order valence-corrected chi connectivity index (χ3v) is 3.58. The molecule has 2 heterocycles. The normalized spacial score (nSPS) is 39.5. The first kappa shape index (κ1) is 17.5. The monoisotopic (exact) mass is 321 g/mol. The van der Waals surface area contributed by atoms with Gasteiger partial charge in [0.2, 0.25) is 5.91 Å². The smallest absolute Gasteiger partial charge is 0.217 e. The van der Waals surface area contributed by atoms with Crippen molar-refractivity contribution in [2.45, 2.75) is 43.7 Å². The topological polar surface area (TPSA) is 127 Å². The molecule has 0 aromatic heterocycles. The number of nitrogens with one attached hydrogen (secondary N) is 1. The number of aliphatic hydroxyl groups excluding tert-OH is 3. The molecule has 2 saturated heterocycles. The van der Waals surface area contributed by atoms with Crippen molar-refractivity contribution in [1.82, 2.24) is 5.32 Å². The lowest BCUT2D eigenvalue weighted by Crippen LogP contribution is -2.64. The van der Waals surface area contributed by atoms with Crippen LogP contribution in [0.5, 0.6) is 0 Å². The number of aliphatic hydroxyl groups is 3. The molecule has 0 aliphatic carbocycles. The van der Waals surface area contributed by atoms with Gasteiger partial charge in [-0.3, -0.25) is 4.79 Å². The van der Waals surface area contributed by atoms with Crippen molar-refractivity contribution in [1.29, 1.82) is 0 Å². The number of carbonyl (C=O) groups is 1. The van der Waals surface area contributed by atoms with Crippen LogP contribution in [0.1, 0.15) is 6.92 Å². The second-order valence-electron chi connectivity index (χ2n) is 5.33. The Labute approximate surface area is 128 Å². The van der Waals surface area contributed by atoms with Crippen LogP contribution in [0.25, 0.3) is 0 Å². The zero-order valence-electron chi connectivity index (χ0n) is 12.4. The van der Waals surface area contributed by atoms with Gasteiger partial charge in [-0.15, -0.1) is 0 Å². The summed E-state index contributed by atoms with van der Waals surface area (Å²) in [6, 6.07) is -0.945. The largest absolute Gasteiger partial charge is 0.394 e. The van der Waals surface area contributed by atoms with Gasteiger partial charge in [0.25, 0.3) is 0 Å². The van der Waals surface area contributed by atoms with E-state index in [1.54, 1.807) is 0 Å². The van der Waals surface area contributed by atoms with E-state index in [0.717, 1.165) is 0 Å². The van der Waals surface area contributed by atoms with Gasteiger partial charge in [0.15, 0.2) is 6.29 Å². The SMILES string of the molecule is CC(=O)N[C@H]1[C@H](OC[C@@H]2COCCO2)O[C@H](CO)[C@@H](O)[C@@H]1O. The van der Waals surface area contributed by atoms with E-state index in [0.29, 0.717) is 19.8 Å². The molecule has 9 heteroatoms. The molecule has 6 atom stereocenters. The van der Waals surface area contributed by atoms with Crippen molar-refractivity contribution < 1.29 is 39.1 Å². The molecular weight excluding hydrogens is 298 g/mol. The summed E-state index contributed by atoms with van der Waals surface area (Å²) >= 11 is 0. The molecule has 0 aromatic rings. The molecule has 9 nitrogen and oxygen atoms in total. The summed E-state index contributed by atoms with van der Waals surface area (Å²) in [5.74, 6) is -0.395. The third kappa shape index (κ3) is 4.35. The quantitative estimate of drug-likeness (QED) is 0.433. The maximum absolute atomic E-state index is 11.3. The predicted octanol–water partition coefficient (Wildman–Crippen LogP) is -2.64. The summed E-state index contributed by atoms with van der Waals surface area (Å²) < 4.78 is 21.7. The van der Waals surface area contributed by atoms with Crippen LogP contribution in [0.15, 0.2) is 0 Å². The van der Waals surface area contributed by atoms with Crippen molar-refractivity contribution in [2.75, 3.05) is 33.0 Å². The fraction of sp³-hybridized carbons (Fsp3) is 0.923. The van der Waals surface area contributed by atoms with Gasteiger partial charge in [-0.1, -0.05) is 0 Å². The Morgan fingerprint density at radius 2 is 2.09 bits per heavy atom. The Morgan fingerprint density at radius 1 is 1.32 bits per heavy atom. The van der Waals surface area contributed by atoms with Crippen LogP contribution in [0.4, 0.5) is 0 Å². The minimum atomic E-state index is -1.32. The summed E-state index contributed by atoms with van der Waals surface area (Å²) in [4.78, 5) is 11.3. The molecule has 128 valence electrons. The van der Waals surface area contributed by atoms with Crippen molar-refractivity contribution in [3.63, 3.8) is 0 Å². The van der Waals surface area contributed by atoms with Gasteiger partial charge < -0.3 is 39.6 Å². The summed E-state index contributed by atoms with van der Waals surface area (Å²) in [5, 5.41) is 31.7. The summed E-state index contributed by atoms with van der Waals surface area (Å²) in [5.41, 5.74) is 0. The van der Waals surface area contributed by atoms with Gasteiger partial charge >= 0.3 is 0 Å². The Bertz CT molecular complexity index is 362. The van der Waals surface area contributed by atoms with Gasteiger partial charge in [-0.05, 0) is 0 Å². The van der Waals surface area contributed by atoms with Crippen molar-refractivity contribution >= 4 is 5.91 Å². The summed E-state index contributed by atoms with van der Waals surface area (Å²) in [6.07, 6.45) is -4.91. The van der Waals surface area contributed by atoms with Gasteiger partial charge in [0.05, 0.1) is 33.0 Å². The maximum atomic E-state index is 11.3. The van der Waals surface area contributed by atoms with E-state index in [1.165, 1.54) is 6.92 Å². The van der Waals surface area contributed by atoms with Crippen molar-refractivity contribution in [3.8, 4) is 0 Å². The molecule has 2 aliphatic heterocycles. The number of rotatable bonds is 5. The van der Waals surface area contributed by atoms with Crippen molar-refractivity contribution in [2.24, 2.45) is 0 Å². The predicted molar refractivity (Wildman–Crippen MR) is 71.9 cm³/mol. The van der Waals surface area contributed by atoms with Gasteiger partial charge in [0.1, 0.15) is 30.5 Å². The molecule has 2 aliphatic rings. The zero-order chi connectivity index (χ0) is 16.1. The van der Waals surface area contributed by atoms with Crippen LogP contribution in [0.3, 0.4) is 0 Å². The molecule has 0 saturated carbocycles. The minimum absolute atomic E-state index is 0.141. The molecular formula is C13H23NO8. The number of ether oxygens (including phenoxy) is 4. The second kappa shape index (κ2) is 8.16. The van der Waals surface area contributed by atoms with E-state index in [1.807, 2.05) is 0 Å². The van der Waals surface area contributed by atoms with Crippen LogP contribution in [0.2, 0.25) is 0 Å². The molecule has 0 radical (unpaired) electrons. The Kier molecular flexibility index (Phi) is 6.50. The first-order chi connectivity index (χ1) is 10.5. The van der Waals surface area contributed by atoms with Crippen LogP contribution >= 0.6 is 0 Å². The van der Waals surface area contributed by atoms with Gasteiger partial charge in [0, 0.05) is 6.92 Å². The van der Waals surface area contributed by atoms with Crippen LogP contribution < -0.4 is 5.32 Å². The minimum Gasteiger partial charge on any atom is -0.394 e. The number of carbonyl (C=O) groups excluding carboxylic acids is 1. The highest BCUT2D eigenvalue weighted by atomic mass is 16.7. The molecule has 2 fully saturated rings. The van der Waals surface area contributed by atoms with E-state index >= 15 is 0 Å². The Balaban J connectivity index is 1.97. The van der Waals surface area contributed by atoms with Crippen LogP contribution in [-0.4, -0.2) is 91.0 Å². The van der Waals surface area contributed by atoms with E-state index < -0.39 is 43.2 Å². The Morgan fingerprint density at radius 3 is 2.68 bits per heavy atom. The molecule has 0 aromatic carbocycles. The number of amides is 1. The highest BCUT2D eigenvalue weighted by molar-refractivity contribution is 5.73. The molecule has 22 heavy (non-hydrogen) atoms. The maximum Gasteiger partial charge on any atom is 0.217 e. The van der Waals surface area contributed by atoms with E-state index in [9.17, 15) is 20.1 Å². The molecule has 0 unspecified atom stereocenters. The lowest BCUT2D eigenvalue weighted by molar-refractivity contribution is -0.278. The average Bonchev–Trinajstić information content (AvgIpc) is 2.52. The molecule has 2 rings (SSSR count). The number of hydrogen-bond donors (Lipinski definition) is 4. The average molecular weight is 321 g/mol. The van der Waals surface area contributed by atoms with Gasteiger partial charge in [-0.25, -0.2) is 0 Å². The summed E-state index contributed by atoms with van der Waals surface area (Å²) in [6.45, 7) is 2.33. The zero-order valence-corrected chi connectivity index (χ0v) is 12.4. The first-order valence-electron chi connectivity index (χ1n) is 7.23. The van der Waals surface area contributed by atoms with Crippen LogP contribution in [-0.2, 0) is 23.7 Å². The van der Waals surface area contributed by atoms with Gasteiger partial charge in [-0.2, -0.15) is 0 Å². The van der Waals surface area contributed by atoms with Crippen molar-refractivity contribution in [3.05, 3.63) is 0 Å².